The second-order valence-electron chi connectivity index (χ2n) is 6.12. The third kappa shape index (κ3) is 3.97. The molecule has 3 unspecified atom stereocenters. The van der Waals surface area contributed by atoms with Gasteiger partial charge >= 0.3 is 0 Å². The van der Waals surface area contributed by atoms with E-state index in [9.17, 15) is 14.3 Å². The Labute approximate surface area is 136 Å². The number of β-amino-alcohol motifs (C(OH)–C–C–N with tert-alkyl or cyclic N) is 1. The summed E-state index contributed by atoms with van der Waals surface area (Å²) in [5, 5.41) is 12.6. The van der Waals surface area contributed by atoms with E-state index >= 15 is 0 Å². The third-order valence-corrected chi connectivity index (χ3v) is 4.44. The minimum Gasteiger partial charge on any atom is -0.392 e. The zero-order chi connectivity index (χ0) is 14.8. The lowest BCUT2D eigenvalue weighted by Gasteiger charge is -2.20. The van der Waals surface area contributed by atoms with Crippen molar-refractivity contribution in [3.8, 4) is 0 Å². The van der Waals surface area contributed by atoms with E-state index in [2.05, 4.69) is 5.32 Å². The molecule has 122 valence electrons. The SMILES string of the molecule is Cl.O=C(C1CC(O)CN1)N1CCC(Cc2ccc(F)cc2)C1. The average Bonchev–Trinajstić information content (AvgIpc) is 3.10. The first-order valence-electron chi connectivity index (χ1n) is 7.56. The molecule has 0 radical (unpaired) electrons. The van der Waals surface area contributed by atoms with Gasteiger partial charge in [-0.1, -0.05) is 12.1 Å². The number of aliphatic hydroxyl groups excluding tert-OH is 1. The maximum absolute atomic E-state index is 12.9. The monoisotopic (exact) mass is 328 g/mol. The van der Waals surface area contributed by atoms with Gasteiger partial charge in [0.05, 0.1) is 12.1 Å². The number of hydrogen-bond acceptors (Lipinski definition) is 3. The van der Waals surface area contributed by atoms with Crippen LogP contribution in [0.1, 0.15) is 18.4 Å². The van der Waals surface area contributed by atoms with Crippen LogP contribution < -0.4 is 5.32 Å². The fourth-order valence-electron chi connectivity index (χ4n) is 3.28. The van der Waals surface area contributed by atoms with Crippen molar-refractivity contribution in [2.45, 2.75) is 31.4 Å². The molecule has 3 atom stereocenters. The molecule has 0 bridgehead atoms. The van der Waals surface area contributed by atoms with Crippen LogP contribution in [0.15, 0.2) is 24.3 Å². The Bertz CT molecular complexity index is 511. The normalized spacial score (nSPS) is 27.7. The zero-order valence-corrected chi connectivity index (χ0v) is 13.2. The largest absolute Gasteiger partial charge is 0.392 e. The molecule has 2 fully saturated rings. The molecule has 1 aromatic carbocycles. The molecule has 0 aromatic heterocycles. The number of rotatable bonds is 3. The number of nitrogens with zero attached hydrogens (tertiary/aromatic N) is 1. The van der Waals surface area contributed by atoms with Gasteiger partial charge in [-0.05, 0) is 42.9 Å². The van der Waals surface area contributed by atoms with Crippen LogP contribution in [0.5, 0.6) is 0 Å². The Balaban J connectivity index is 0.00000176. The molecule has 2 aliphatic rings. The van der Waals surface area contributed by atoms with Gasteiger partial charge in [-0.25, -0.2) is 4.39 Å². The summed E-state index contributed by atoms with van der Waals surface area (Å²) in [6.45, 7) is 2.03. The van der Waals surface area contributed by atoms with Crippen LogP contribution >= 0.6 is 12.4 Å². The van der Waals surface area contributed by atoms with Crippen LogP contribution in [0.25, 0.3) is 0 Å². The van der Waals surface area contributed by atoms with E-state index in [0.717, 1.165) is 31.5 Å². The van der Waals surface area contributed by atoms with Gasteiger partial charge in [-0.2, -0.15) is 0 Å². The highest BCUT2D eigenvalue weighted by atomic mass is 35.5. The van der Waals surface area contributed by atoms with Gasteiger partial charge in [-0.3, -0.25) is 4.79 Å². The van der Waals surface area contributed by atoms with E-state index in [0.29, 0.717) is 18.9 Å². The number of halogens is 2. The summed E-state index contributed by atoms with van der Waals surface area (Å²) >= 11 is 0. The van der Waals surface area contributed by atoms with Gasteiger partial charge in [0.15, 0.2) is 0 Å². The zero-order valence-electron chi connectivity index (χ0n) is 12.4. The summed E-state index contributed by atoms with van der Waals surface area (Å²) in [6, 6.07) is 6.36. The molecule has 1 aromatic rings. The number of likely N-dealkylation sites (tertiary alicyclic amines) is 1. The maximum atomic E-state index is 12.9. The first kappa shape index (κ1) is 17.2. The highest BCUT2D eigenvalue weighted by Gasteiger charge is 2.34. The summed E-state index contributed by atoms with van der Waals surface area (Å²) in [5.74, 6) is 0.326. The third-order valence-electron chi connectivity index (χ3n) is 4.44. The topological polar surface area (TPSA) is 52.6 Å². The molecule has 0 saturated carbocycles. The van der Waals surface area contributed by atoms with Crippen LogP contribution in [-0.4, -0.2) is 47.7 Å². The summed E-state index contributed by atoms with van der Waals surface area (Å²) < 4.78 is 12.9. The Morgan fingerprint density at radius 2 is 2.09 bits per heavy atom. The second kappa shape index (κ2) is 7.40. The van der Waals surface area contributed by atoms with Gasteiger partial charge in [0.1, 0.15) is 5.82 Å². The number of carbonyl (C=O) groups excluding carboxylic acids is 1. The lowest BCUT2D eigenvalue weighted by atomic mass is 9.99. The van der Waals surface area contributed by atoms with Crippen LogP contribution in [0.4, 0.5) is 4.39 Å². The van der Waals surface area contributed by atoms with Crippen LogP contribution in [0.3, 0.4) is 0 Å². The molecular weight excluding hydrogens is 307 g/mol. The maximum Gasteiger partial charge on any atom is 0.239 e. The van der Waals surface area contributed by atoms with E-state index in [-0.39, 0.29) is 30.2 Å². The number of nitrogens with one attached hydrogen (secondary N) is 1. The lowest BCUT2D eigenvalue weighted by Crippen LogP contribution is -2.42. The van der Waals surface area contributed by atoms with Gasteiger partial charge < -0.3 is 15.3 Å². The summed E-state index contributed by atoms with van der Waals surface area (Å²) in [6.07, 6.45) is 1.97. The van der Waals surface area contributed by atoms with Crippen LogP contribution in [-0.2, 0) is 11.2 Å². The number of hydrogen-bond donors (Lipinski definition) is 2. The molecule has 1 amide bonds. The minimum atomic E-state index is -0.406. The molecule has 3 rings (SSSR count). The van der Waals surface area contributed by atoms with Crippen molar-refractivity contribution in [3.63, 3.8) is 0 Å². The van der Waals surface area contributed by atoms with Gasteiger partial charge in [0, 0.05) is 19.6 Å². The predicted molar refractivity (Wildman–Crippen MR) is 84.5 cm³/mol. The van der Waals surface area contributed by atoms with E-state index < -0.39 is 6.10 Å². The quantitative estimate of drug-likeness (QED) is 0.881. The molecule has 0 spiro atoms. The molecule has 2 aliphatic heterocycles. The standard InChI is InChI=1S/C16H21FN2O2.ClH/c17-13-3-1-11(2-4-13)7-12-5-6-19(10-12)16(21)15-8-14(20)9-18-15;/h1-4,12,14-15,18,20H,5-10H2;1H. The Morgan fingerprint density at radius 1 is 1.36 bits per heavy atom. The summed E-state index contributed by atoms with van der Waals surface area (Å²) in [5.41, 5.74) is 1.12. The molecule has 6 heteroatoms. The van der Waals surface area contributed by atoms with Crippen LogP contribution in [0, 0.1) is 11.7 Å². The fourth-order valence-corrected chi connectivity index (χ4v) is 3.28. The summed E-state index contributed by atoms with van der Waals surface area (Å²) in [7, 11) is 0. The van der Waals surface area contributed by atoms with Crippen molar-refractivity contribution in [3.05, 3.63) is 35.6 Å². The second-order valence-corrected chi connectivity index (χ2v) is 6.12. The molecule has 22 heavy (non-hydrogen) atoms. The number of aliphatic hydroxyl groups is 1. The van der Waals surface area contributed by atoms with Crippen molar-refractivity contribution in [2.75, 3.05) is 19.6 Å². The molecule has 2 N–H and O–H groups in total. The van der Waals surface area contributed by atoms with E-state index in [1.807, 2.05) is 17.0 Å². The van der Waals surface area contributed by atoms with E-state index in [4.69, 9.17) is 0 Å². The van der Waals surface area contributed by atoms with E-state index in [1.165, 1.54) is 12.1 Å². The van der Waals surface area contributed by atoms with Crippen molar-refractivity contribution in [2.24, 2.45) is 5.92 Å². The van der Waals surface area contributed by atoms with Crippen molar-refractivity contribution in [1.29, 1.82) is 0 Å². The summed E-state index contributed by atoms with van der Waals surface area (Å²) in [4.78, 5) is 14.2. The fraction of sp³-hybridized carbons (Fsp3) is 0.562. The van der Waals surface area contributed by atoms with Gasteiger partial charge in [0.2, 0.25) is 5.91 Å². The number of benzene rings is 1. The number of carbonyl (C=O) groups is 1. The average molecular weight is 329 g/mol. The smallest absolute Gasteiger partial charge is 0.239 e. The molecule has 2 saturated heterocycles. The predicted octanol–water partition coefficient (Wildman–Crippen LogP) is 1.36. The van der Waals surface area contributed by atoms with Crippen molar-refractivity contribution in [1.82, 2.24) is 10.2 Å². The first-order valence-corrected chi connectivity index (χ1v) is 7.56. The van der Waals surface area contributed by atoms with Crippen molar-refractivity contribution >= 4 is 18.3 Å². The molecule has 2 heterocycles. The van der Waals surface area contributed by atoms with E-state index in [1.54, 1.807) is 0 Å². The number of amides is 1. The van der Waals surface area contributed by atoms with Gasteiger partial charge in [0.25, 0.3) is 0 Å². The highest BCUT2D eigenvalue weighted by Crippen LogP contribution is 2.23. The molecular formula is C16H22ClFN2O2. The Morgan fingerprint density at radius 3 is 2.73 bits per heavy atom. The van der Waals surface area contributed by atoms with Crippen LogP contribution in [0.2, 0.25) is 0 Å². The Hall–Kier alpha value is -1.17. The highest BCUT2D eigenvalue weighted by molar-refractivity contribution is 5.85. The van der Waals surface area contributed by atoms with Crippen molar-refractivity contribution < 1.29 is 14.3 Å². The first-order chi connectivity index (χ1) is 10.1. The minimum absolute atomic E-state index is 0. The van der Waals surface area contributed by atoms with Gasteiger partial charge in [-0.15, -0.1) is 12.4 Å². The lowest BCUT2D eigenvalue weighted by molar-refractivity contribution is -0.132. The Kier molecular flexibility index (Phi) is 5.78. The molecule has 0 aliphatic carbocycles. The molecule has 4 nitrogen and oxygen atoms in total.